The first-order chi connectivity index (χ1) is 7.66. The number of hydrogen-bond donors (Lipinski definition) is 2. The first-order valence-electron chi connectivity index (χ1n) is 4.92. The summed E-state index contributed by atoms with van der Waals surface area (Å²) in [5.74, 6) is 1.38. The second-order valence-corrected chi connectivity index (χ2v) is 3.57. The number of nitrogens with two attached hydrogens (primary N) is 1. The zero-order valence-corrected chi connectivity index (χ0v) is 9.12. The smallest absolute Gasteiger partial charge is 0.244 e. The molecule has 0 saturated heterocycles. The van der Waals surface area contributed by atoms with Crippen molar-refractivity contribution < 1.29 is 0 Å². The molecule has 0 saturated carbocycles. The zero-order chi connectivity index (χ0) is 11.5. The van der Waals surface area contributed by atoms with Crippen molar-refractivity contribution >= 4 is 11.9 Å². The average molecular weight is 219 g/mol. The molecule has 0 fully saturated rings. The van der Waals surface area contributed by atoms with Crippen LogP contribution in [-0.2, 0) is 0 Å². The van der Waals surface area contributed by atoms with Gasteiger partial charge in [-0.05, 0) is 13.8 Å². The van der Waals surface area contributed by atoms with Gasteiger partial charge in [0.2, 0.25) is 11.9 Å². The lowest BCUT2D eigenvalue weighted by atomic mass is 10.4. The van der Waals surface area contributed by atoms with E-state index in [1.54, 1.807) is 12.3 Å². The Bertz CT molecular complexity index is 462. The predicted octanol–water partition coefficient (Wildman–Crippen LogP) is 0.460. The molecule has 0 radical (unpaired) electrons. The topological polar surface area (TPSA) is 94.5 Å². The van der Waals surface area contributed by atoms with Gasteiger partial charge in [0.15, 0.2) is 5.82 Å². The predicted molar refractivity (Wildman–Crippen MR) is 60.1 cm³/mol. The van der Waals surface area contributed by atoms with Gasteiger partial charge < -0.3 is 11.1 Å². The number of hydrogen-bond acceptors (Lipinski definition) is 6. The molecular weight excluding hydrogens is 206 g/mol. The van der Waals surface area contributed by atoms with E-state index in [4.69, 9.17) is 5.73 Å². The highest BCUT2D eigenvalue weighted by Gasteiger charge is 2.09. The van der Waals surface area contributed by atoms with Crippen molar-refractivity contribution in [1.82, 2.24) is 24.7 Å². The molecular formula is C9H13N7. The molecule has 0 aliphatic heterocycles. The maximum absolute atomic E-state index is 5.74. The van der Waals surface area contributed by atoms with Crippen LogP contribution in [0.5, 0.6) is 0 Å². The van der Waals surface area contributed by atoms with Crippen LogP contribution < -0.4 is 11.1 Å². The van der Waals surface area contributed by atoms with Gasteiger partial charge >= 0.3 is 0 Å². The first kappa shape index (κ1) is 10.3. The molecule has 3 N–H and O–H groups in total. The van der Waals surface area contributed by atoms with E-state index in [9.17, 15) is 0 Å². The molecule has 2 rings (SSSR count). The van der Waals surface area contributed by atoms with Gasteiger partial charge in [-0.3, -0.25) is 0 Å². The normalized spacial score (nSPS) is 10.7. The van der Waals surface area contributed by atoms with Gasteiger partial charge in [-0.1, -0.05) is 0 Å². The Balaban J connectivity index is 2.32. The fourth-order valence-corrected chi connectivity index (χ4v) is 1.22. The Morgan fingerprint density at radius 3 is 2.88 bits per heavy atom. The highest BCUT2D eigenvalue weighted by Crippen LogP contribution is 2.10. The van der Waals surface area contributed by atoms with Gasteiger partial charge in [0, 0.05) is 18.3 Å². The summed E-state index contributed by atoms with van der Waals surface area (Å²) < 4.78 is 1.46. The largest absolute Gasteiger partial charge is 0.368 e. The molecule has 7 nitrogen and oxygen atoms in total. The molecule has 16 heavy (non-hydrogen) atoms. The molecule has 0 aliphatic carbocycles. The maximum atomic E-state index is 5.74. The van der Waals surface area contributed by atoms with E-state index < -0.39 is 0 Å². The lowest BCUT2D eigenvalue weighted by Crippen LogP contribution is -2.11. The van der Waals surface area contributed by atoms with Crippen molar-refractivity contribution in [2.24, 2.45) is 0 Å². The standard InChI is InChI=1S/C9H13N7/c1-6(2)13-9-14-8(10)16(15-9)7-3-4-11-5-12-7/h3-6H,1-2H3,(H3,10,13,14,15). The summed E-state index contributed by atoms with van der Waals surface area (Å²) in [5, 5.41) is 7.27. The Labute approximate surface area is 92.7 Å². The number of nitrogens with zero attached hydrogens (tertiary/aromatic N) is 5. The van der Waals surface area contributed by atoms with Crippen LogP contribution in [0.15, 0.2) is 18.6 Å². The minimum atomic E-state index is 0.251. The number of nitrogen functional groups attached to an aromatic ring is 1. The molecule has 2 heterocycles. The maximum Gasteiger partial charge on any atom is 0.244 e. The summed E-state index contributed by atoms with van der Waals surface area (Å²) in [6.07, 6.45) is 3.06. The van der Waals surface area contributed by atoms with E-state index >= 15 is 0 Å². The van der Waals surface area contributed by atoms with E-state index in [0.717, 1.165) is 0 Å². The van der Waals surface area contributed by atoms with E-state index in [1.807, 2.05) is 13.8 Å². The second-order valence-electron chi connectivity index (χ2n) is 3.57. The van der Waals surface area contributed by atoms with E-state index in [0.29, 0.717) is 17.7 Å². The Morgan fingerprint density at radius 1 is 1.44 bits per heavy atom. The lowest BCUT2D eigenvalue weighted by Gasteiger charge is -2.03. The van der Waals surface area contributed by atoms with E-state index in [1.165, 1.54) is 11.0 Å². The van der Waals surface area contributed by atoms with Crippen molar-refractivity contribution in [3.63, 3.8) is 0 Å². The summed E-state index contributed by atoms with van der Waals surface area (Å²) >= 11 is 0. The Hall–Kier alpha value is -2.18. The molecule has 7 heteroatoms. The number of anilines is 2. The summed E-state index contributed by atoms with van der Waals surface area (Å²) in [7, 11) is 0. The third kappa shape index (κ3) is 2.08. The third-order valence-electron chi connectivity index (χ3n) is 1.83. The van der Waals surface area contributed by atoms with Crippen molar-refractivity contribution in [1.29, 1.82) is 0 Å². The molecule has 0 spiro atoms. The monoisotopic (exact) mass is 219 g/mol. The van der Waals surface area contributed by atoms with Crippen LogP contribution >= 0.6 is 0 Å². The van der Waals surface area contributed by atoms with Gasteiger partial charge in [0.1, 0.15) is 6.33 Å². The molecule has 0 unspecified atom stereocenters. The fraction of sp³-hybridized carbons (Fsp3) is 0.333. The van der Waals surface area contributed by atoms with Crippen molar-refractivity contribution in [3.05, 3.63) is 18.6 Å². The molecule has 0 atom stereocenters. The third-order valence-corrected chi connectivity index (χ3v) is 1.83. The fourth-order valence-electron chi connectivity index (χ4n) is 1.22. The Morgan fingerprint density at radius 2 is 2.25 bits per heavy atom. The zero-order valence-electron chi connectivity index (χ0n) is 9.12. The van der Waals surface area contributed by atoms with Crippen molar-refractivity contribution in [3.8, 4) is 5.82 Å². The van der Waals surface area contributed by atoms with Gasteiger partial charge in [-0.2, -0.15) is 9.67 Å². The first-order valence-corrected chi connectivity index (χ1v) is 4.92. The highest BCUT2D eigenvalue weighted by atomic mass is 15.4. The van der Waals surface area contributed by atoms with Gasteiger partial charge in [0.05, 0.1) is 0 Å². The van der Waals surface area contributed by atoms with Crippen molar-refractivity contribution in [2.75, 3.05) is 11.1 Å². The van der Waals surface area contributed by atoms with Crippen LogP contribution in [0.1, 0.15) is 13.8 Å². The van der Waals surface area contributed by atoms with Gasteiger partial charge in [-0.25, -0.2) is 9.97 Å². The highest BCUT2D eigenvalue weighted by molar-refractivity contribution is 5.38. The summed E-state index contributed by atoms with van der Waals surface area (Å²) in [5.41, 5.74) is 5.74. The van der Waals surface area contributed by atoms with E-state index in [-0.39, 0.29) is 6.04 Å². The second kappa shape index (κ2) is 4.13. The summed E-state index contributed by atoms with van der Waals surface area (Å²) in [6.45, 7) is 4.00. The van der Waals surface area contributed by atoms with Crippen LogP contribution in [0.3, 0.4) is 0 Å². The van der Waals surface area contributed by atoms with Crippen LogP contribution in [0.4, 0.5) is 11.9 Å². The molecule has 0 bridgehead atoms. The molecule has 0 amide bonds. The van der Waals surface area contributed by atoms with Gasteiger partial charge in [0.25, 0.3) is 0 Å². The summed E-state index contributed by atoms with van der Waals surface area (Å²) in [6, 6.07) is 1.96. The molecule has 0 aliphatic rings. The summed E-state index contributed by atoms with van der Waals surface area (Å²) in [4.78, 5) is 12.0. The quantitative estimate of drug-likeness (QED) is 0.778. The number of aromatic nitrogens is 5. The SMILES string of the molecule is CC(C)Nc1nc(N)n(-c2ccncn2)n1. The minimum absolute atomic E-state index is 0.251. The van der Waals surface area contributed by atoms with Gasteiger partial charge in [-0.15, -0.1) is 5.10 Å². The molecule has 2 aromatic heterocycles. The lowest BCUT2D eigenvalue weighted by molar-refractivity contribution is 0.828. The molecule has 84 valence electrons. The van der Waals surface area contributed by atoms with Crippen LogP contribution in [-0.4, -0.2) is 30.8 Å². The number of nitrogens with one attached hydrogen (secondary N) is 1. The molecule has 0 aromatic carbocycles. The minimum Gasteiger partial charge on any atom is -0.368 e. The molecule has 2 aromatic rings. The van der Waals surface area contributed by atoms with Crippen LogP contribution in [0.2, 0.25) is 0 Å². The van der Waals surface area contributed by atoms with E-state index in [2.05, 4.69) is 25.4 Å². The van der Waals surface area contributed by atoms with Crippen LogP contribution in [0, 0.1) is 0 Å². The Kier molecular flexibility index (Phi) is 2.67. The average Bonchev–Trinajstić information content (AvgIpc) is 2.60. The van der Waals surface area contributed by atoms with Crippen molar-refractivity contribution in [2.45, 2.75) is 19.9 Å². The number of rotatable bonds is 3. The van der Waals surface area contributed by atoms with Crippen LogP contribution in [0.25, 0.3) is 5.82 Å².